The maximum Gasteiger partial charge on any atom is 0.251 e. The first-order valence-electron chi connectivity index (χ1n) is 7.03. The smallest absolute Gasteiger partial charge is 0.251 e. The maximum atomic E-state index is 11.9. The molecule has 0 spiro atoms. The van der Waals surface area contributed by atoms with Crippen LogP contribution in [0.5, 0.6) is 5.75 Å². The van der Waals surface area contributed by atoms with Crippen LogP contribution in [-0.2, 0) is 0 Å². The molecule has 1 saturated carbocycles. The fraction of sp³-hybridized carbons (Fsp3) is 0.533. The summed E-state index contributed by atoms with van der Waals surface area (Å²) >= 11 is 0. The van der Waals surface area contributed by atoms with E-state index in [9.17, 15) is 4.79 Å². The van der Waals surface area contributed by atoms with Gasteiger partial charge in [0.05, 0.1) is 6.61 Å². The first-order valence-corrected chi connectivity index (χ1v) is 7.03. The van der Waals surface area contributed by atoms with Crippen molar-refractivity contribution in [2.24, 2.45) is 11.8 Å². The van der Waals surface area contributed by atoms with Gasteiger partial charge in [0, 0.05) is 31.1 Å². The summed E-state index contributed by atoms with van der Waals surface area (Å²) in [5.41, 5.74) is 0.700. The minimum atomic E-state index is 0. The first kappa shape index (κ1) is 15.1. The number of benzene rings is 1. The monoisotopic (exact) mass is 296 g/mol. The van der Waals surface area contributed by atoms with Crippen molar-refractivity contribution in [2.75, 3.05) is 26.2 Å². The van der Waals surface area contributed by atoms with Crippen molar-refractivity contribution in [3.05, 3.63) is 29.8 Å². The molecule has 0 atom stereocenters. The van der Waals surface area contributed by atoms with E-state index in [0.717, 1.165) is 37.9 Å². The van der Waals surface area contributed by atoms with Crippen LogP contribution in [0.1, 0.15) is 23.2 Å². The number of amides is 1. The third-order valence-electron chi connectivity index (χ3n) is 3.72. The van der Waals surface area contributed by atoms with Crippen LogP contribution in [0.15, 0.2) is 24.3 Å². The number of carbonyl (C=O) groups excluding carboxylic acids is 1. The molecule has 0 aromatic heterocycles. The number of ether oxygens (including phenoxy) is 1. The molecule has 4 nitrogen and oxygen atoms in total. The van der Waals surface area contributed by atoms with Crippen LogP contribution in [0.25, 0.3) is 0 Å². The quantitative estimate of drug-likeness (QED) is 0.842. The number of hydrogen-bond acceptors (Lipinski definition) is 3. The SMILES string of the molecule is Cl.O=C(NCC1CNC1)c1ccc(OCC2CC2)cc1. The fourth-order valence-electron chi connectivity index (χ4n) is 2.03. The topological polar surface area (TPSA) is 50.4 Å². The van der Waals surface area contributed by atoms with E-state index in [1.807, 2.05) is 24.3 Å². The normalized spacial score (nSPS) is 17.8. The van der Waals surface area contributed by atoms with E-state index in [0.29, 0.717) is 11.5 Å². The molecule has 2 fully saturated rings. The third-order valence-corrected chi connectivity index (χ3v) is 3.72. The molecule has 2 N–H and O–H groups in total. The van der Waals surface area contributed by atoms with Crippen LogP contribution < -0.4 is 15.4 Å². The lowest BCUT2D eigenvalue weighted by molar-refractivity contribution is 0.0942. The molecule has 1 amide bonds. The van der Waals surface area contributed by atoms with Crippen molar-refractivity contribution in [1.29, 1.82) is 0 Å². The summed E-state index contributed by atoms with van der Waals surface area (Å²) in [5, 5.41) is 6.15. The number of hydrogen-bond donors (Lipinski definition) is 2. The molecular formula is C15H21ClN2O2. The lowest BCUT2D eigenvalue weighted by Gasteiger charge is -2.27. The number of halogens is 1. The Kier molecular flexibility index (Phi) is 5.26. The van der Waals surface area contributed by atoms with Gasteiger partial charge in [0.1, 0.15) is 5.75 Å². The zero-order valence-corrected chi connectivity index (χ0v) is 12.2. The molecular weight excluding hydrogens is 276 g/mol. The highest BCUT2D eigenvalue weighted by molar-refractivity contribution is 5.94. The van der Waals surface area contributed by atoms with Gasteiger partial charge in [-0.25, -0.2) is 0 Å². The Balaban J connectivity index is 0.00000147. The average molecular weight is 297 g/mol. The van der Waals surface area contributed by atoms with E-state index < -0.39 is 0 Å². The zero-order chi connectivity index (χ0) is 13.1. The van der Waals surface area contributed by atoms with E-state index >= 15 is 0 Å². The Morgan fingerprint density at radius 2 is 1.90 bits per heavy atom. The van der Waals surface area contributed by atoms with Crippen LogP contribution >= 0.6 is 12.4 Å². The lowest BCUT2D eigenvalue weighted by Crippen LogP contribution is -2.48. The van der Waals surface area contributed by atoms with Gasteiger partial charge in [0.15, 0.2) is 0 Å². The molecule has 0 radical (unpaired) electrons. The Bertz CT molecular complexity index is 442. The Hall–Kier alpha value is -1.26. The van der Waals surface area contributed by atoms with Gasteiger partial charge in [0.2, 0.25) is 0 Å². The number of carbonyl (C=O) groups is 1. The van der Waals surface area contributed by atoms with Crippen molar-refractivity contribution in [3.63, 3.8) is 0 Å². The minimum Gasteiger partial charge on any atom is -0.493 e. The molecule has 0 unspecified atom stereocenters. The summed E-state index contributed by atoms with van der Waals surface area (Å²) < 4.78 is 5.65. The summed E-state index contributed by atoms with van der Waals surface area (Å²) in [6.45, 7) is 3.58. The van der Waals surface area contributed by atoms with E-state index in [1.54, 1.807) is 0 Å². The highest BCUT2D eigenvalue weighted by atomic mass is 35.5. The van der Waals surface area contributed by atoms with Gasteiger partial charge < -0.3 is 15.4 Å². The Morgan fingerprint density at radius 1 is 1.20 bits per heavy atom. The third kappa shape index (κ3) is 4.12. The highest BCUT2D eigenvalue weighted by Crippen LogP contribution is 2.29. The Labute approximate surface area is 125 Å². The molecule has 1 aromatic rings. The molecule has 20 heavy (non-hydrogen) atoms. The van der Waals surface area contributed by atoms with Gasteiger partial charge in [-0.15, -0.1) is 12.4 Å². The van der Waals surface area contributed by atoms with Crippen LogP contribution in [0.3, 0.4) is 0 Å². The van der Waals surface area contributed by atoms with Crippen LogP contribution in [0.4, 0.5) is 0 Å². The van der Waals surface area contributed by atoms with Crippen molar-refractivity contribution in [1.82, 2.24) is 10.6 Å². The van der Waals surface area contributed by atoms with Gasteiger partial charge in [-0.05, 0) is 43.0 Å². The van der Waals surface area contributed by atoms with Crippen molar-refractivity contribution in [3.8, 4) is 5.75 Å². The molecule has 1 aliphatic carbocycles. The predicted octanol–water partition coefficient (Wildman–Crippen LogP) is 1.85. The molecule has 1 aromatic carbocycles. The second kappa shape index (κ2) is 6.95. The fourth-order valence-corrected chi connectivity index (χ4v) is 2.03. The minimum absolute atomic E-state index is 0. The van der Waals surface area contributed by atoms with E-state index in [4.69, 9.17) is 4.74 Å². The second-order valence-corrected chi connectivity index (χ2v) is 5.51. The highest BCUT2D eigenvalue weighted by Gasteiger charge is 2.22. The van der Waals surface area contributed by atoms with Crippen LogP contribution in [0, 0.1) is 11.8 Å². The van der Waals surface area contributed by atoms with Gasteiger partial charge in [-0.3, -0.25) is 4.79 Å². The van der Waals surface area contributed by atoms with Gasteiger partial charge >= 0.3 is 0 Å². The largest absolute Gasteiger partial charge is 0.493 e. The van der Waals surface area contributed by atoms with Crippen molar-refractivity contribution < 1.29 is 9.53 Å². The van der Waals surface area contributed by atoms with Crippen molar-refractivity contribution >= 4 is 18.3 Å². The van der Waals surface area contributed by atoms with Gasteiger partial charge in [-0.1, -0.05) is 0 Å². The summed E-state index contributed by atoms with van der Waals surface area (Å²) in [6, 6.07) is 7.41. The lowest BCUT2D eigenvalue weighted by atomic mass is 10.0. The van der Waals surface area contributed by atoms with Gasteiger partial charge in [-0.2, -0.15) is 0 Å². The van der Waals surface area contributed by atoms with Crippen LogP contribution in [-0.4, -0.2) is 32.1 Å². The molecule has 2 aliphatic rings. The van der Waals surface area contributed by atoms with E-state index in [-0.39, 0.29) is 18.3 Å². The molecule has 5 heteroatoms. The van der Waals surface area contributed by atoms with E-state index in [2.05, 4.69) is 10.6 Å². The zero-order valence-electron chi connectivity index (χ0n) is 11.4. The summed E-state index contributed by atoms with van der Waals surface area (Å²) in [6.07, 6.45) is 2.58. The molecule has 3 rings (SSSR count). The molecule has 1 saturated heterocycles. The first-order chi connectivity index (χ1) is 9.31. The van der Waals surface area contributed by atoms with Crippen LogP contribution in [0.2, 0.25) is 0 Å². The summed E-state index contributed by atoms with van der Waals surface area (Å²) in [5.74, 6) is 2.19. The average Bonchev–Trinajstić information content (AvgIpc) is 3.19. The summed E-state index contributed by atoms with van der Waals surface area (Å²) in [7, 11) is 0. The van der Waals surface area contributed by atoms with E-state index in [1.165, 1.54) is 12.8 Å². The predicted molar refractivity (Wildman–Crippen MR) is 80.6 cm³/mol. The Morgan fingerprint density at radius 3 is 2.45 bits per heavy atom. The maximum absolute atomic E-state index is 11.9. The molecule has 1 heterocycles. The number of nitrogens with one attached hydrogen (secondary N) is 2. The molecule has 1 aliphatic heterocycles. The van der Waals surface area contributed by atoms with Gasteiger partial charge in [0.25, 0.3) is 5.91 Å². The molecule has 0 bridgehead atoms. The second-order valence-electron chi connectivity index (χ2n) is 5.51. The molecule has 110 valence electrons. The number of rotatable bonds is 6. The van der Waals surface area contributed by atoms with Crippen molar-refractivity contribution in [2.45, 2.75) is 12.8 Å². The standard InChI is InChI=1S/C15H20N2O2.ClH/c18-15(17-9-12-7-16-8-12)13-3-5-14(6-4-13)19-10-11-1-2-11;/h3-6,11-12,16H,1-2,7-10H2,(H,17,18);1H. The summed E-state index contributed by atoms with van der Waals surface area (Å²) in [4.78, 5) is 11.9.